The number of halogens is 3. The molecule has 1 amide bonds. The molecule has 1 N–H and O–H groups in total. The molecule has 1 saturated carbocycles. The highest BCUT2D eigenvalue weighted by Crippen LogP contribution is 2.39. The summed E-state index contributed by atoms with van der Waals surface area (Å²) in [5.74, 6) is 0.581. The van der Waals surface area contributed by atoms with Gasteiger partial charge in [0.15, 0.2) is 0 Å². The Bertz CT molecular complexity index is 1350. The maximum Gasteiger partial charge on any atom is 0.446 e. The van der Waals surface area contributed by atoms with Crippen LogP contribution in [-0.4, -0.2) is 22.0 Å². The number of rotatable bonds is 8. The van der Waals surface area contributed by atoms with Crippen LogP contribution in [0.5, 0.6) is 5.75 Å². The van der Waals surface area contributed by atoms with Gasteiger partial charge in [-0.05, 0) is 72.6 Å². The molecule has 0 saturated heterocycles. The first-order chi connectivity index (χ1) is 16.9. The molecule has 1 aliphatic carbocycles. The van der Waals surface area contributed by atoms with Crippen LogP contribution in [0.4, 0.5) is 13.2 Å². The van der Waals surface area contributed by atoms with E-state index < -0.39 is 5.51 Å². The number of carbonyl (C=O) groups is 1. The average Bonchev–Trinajstić information content (AvgIpc) is 3.58. The summed E-state index contributed by atoms with van der Waals surface area (Å²) in [5, 5.41) is 3.83. The quantitative estimate of drug-likeness (QED) is 0.274. The van der Waals surface area contributed by atoms with E-state index in [-0.39, 0.29) is 41.8 Å². The molecule has 0 bridgehead atoms. The summed E-state index contributed by atoms with van der Waals surface area (Å²) >= 11 is -0.109. The predicted octanol–water partition coefficient (Wildman–Crippen LogP) is 6.77. The Morgan fingerprint density at radius 2 is 1.74 bits per heavy atom. The van der Waals surface area contributed by atoms with Crippen molar-refractivity contribution in [2.75, 3.05) is 0 Å². The average molecular weight is 497 g/mol. The first kappa shape index (κ1) is 23.4. The van der Waals surface area contributed by atoms with Crippen molar-refractivity contribution in [1.29, 1.82) is 0 Å². The van der Waals surface area contributed by atoms with E-state index in [0.717, 1.165) is 29.4 Å². The third kappa shape index (κ3) is 5.82. The minimum atomic E-state index is -4.38. The fourth-order valence-electron chi connectivity index (χ4n) is 3.98. The number of para-hydroxylation sites is 1. The maximum atomic E-state index is 13.2. The Morgan fingerprint density at radius 1 is 1.00 bits per heavy atom. The van der Waals surface area contributed by atoms with Crippen molar-refractivity contribution < 1.29 is 22.7 Å². The third-order valence-electron chi connectivity index (χ3n) is 5.82. The van der Waals surface area contributed by atoms with Crippen LogP contribution in [0, 0.1) is 0 Å². The van der Waals surface area contributed by atoms with Crippen molar-refractivity contribution in [2.24, 2.45) is 0 Å². The second-order valence-electron chi connectivity index (χ2n) is 8.50. The van der Waals surface area contributed by atoms with Gasteiger partial charge in [0.25, 0.3) is 5.91 Å². The monoisotopic (exact) mass is 496 g/mol. The zero-order valence-electron chi connectivity index (χ0n) is 18.7. The number of fused-ring (bicyclic) bond motifs is 1. The minimum Gasteiger partial charge on any atom is -0.487 e. The molecule has 1 fully saturated rings. The van der Waals surface area contributed by atoms with E-state index in [1.807, 2.05) is 53.1 Å². The molecule has 35 heavy (non-hydrogen) atoms. The van der Waals surface area contributed by atoms with Crippen LogP contribution in [0.2, 0.25) is 0 Å². The van der Waals surface area contributed by atoms with Crippen LogP contribution < -0.4 is 10.1 Å². The summed E-state index contributed by atoms with van der Waals surface area (Å²) in [7, 11) is 0. The van der Waals surface area contributed by atoms with Crippen molar-refractivity contribution in [1.82, 2.24) is 9.88 Å². The standard InChI is InChI=1S/C27H23F3N2O2S/c28-27(29,30)35-25-9-5-4-6-19(25)16-32-22(17-34-23-7-2-1-3-8-23)15-20-14-18(10-13-24(20)32)26(33)31-21-11-12-21/h1-10,13-15,21H,11-12,16-17H2,(H,31,33). The van der Waals surface area contributed by atoms with Crippen molar-refractivity contribution >= 4 is 28.6 Å². The molecule has 1 heterocycles. The number of nitrogens with one attached hydrogen (secondary N) is 1. The van der Waals surface area contributed by atoms with Gasteiger partial charge in [-0.15, -0.1) is 0 Å². The number of carbonyl (C=O) groups excluding carboxylic acids is 1. The van der Waals surface area contributed by atoms with Crippen molar-refractivity contribution in [3.05, 3.63) is 95.7 Å². The number of amides is 1. The van der Waals surface area contributed by atoms with Crippen molar-refractivity contribution in [2.45, 2.75) is 42.4 Å². The summed E-state index contributed by atoms with van der Waals surface area (Å²) in [6, 6.07) is 23.5. The van der Waals surface area contributed by atoms with Gasteiger partial charge in [0.05, 0.1) is 5.69 Å². The lowest BCUT2D eigenvalue weighted by atomic mass is 10.1. The number of hydrogen-bond acceptors (Lipinski definition) is 3. The number of ether oxygens (including phenoxy) is 1. The smallest absolute Gasteiger partial charge is 0.446 e. The lowest BCUT2D eigenvalue weighted by Gasteiger charge is -2.15. The summed E-state index contributed by atoms with van der Waals surface area (Å²) in [6.45, 7) is 0.473. The van der Waals surface area contributed by atoms with E-state index in [0.29, 0.717) is 16.9 Å². The Kier molecular flexibility index (Phi) is 6.47. The van der Waals surface area contributed by atoms with Crippen LogP contribution in [0.25, 0.3) is 10.9 Å². The highest BCUT2D eigenvalue weighted by atomic mass is 32.2. The summed E-state index contributed by atoms with van der Waals surface area (Å²) in [6.07, 6.45) is 2.00. The SMILES string of the molecule is O=C(NC1CC1)c1ccc2c(c1)cc(COc1ccccc1)n2Cc1ccccc1SC(F)(F)F. The Morgan fingerprint density at radius 3 is 2.49 bits per heavy atom. The van der Waals surface area contributed by atoms with Crippen molar-refractivity contribution in [3.8, 4) is 5.75 Å². The number of nitrogens with zero attached hydrogens (tertiary/aromatic N) is 1. The van der Waals surface area contributed by atoms with Gasteiger partial charge in [-0.2, -0.15) is 13.2 Å². The fraction of sp³-hybridized carbons (Fsp3) is 0.222. The van der Waals surface area contributed by atoms with E-state index >= 15 is 0 Å². The van der Waals surface area contributed by atoms with E-state index in [1.54, 1.807) is 24.3 Å². The van der Waals surface area contributed by atoms with Gasteiger partial charge < -0.3 is 14.6 Å². The second-order valence-corrected chi connectivity index (χ2v) is 9.61. The zero-order chi connectivity index (χ0) is 24.4. The highest BCUT2D eigenvalue weighted by Gasteiger charge is 2.30. The number of benzene rings is 3. The molecule has 4 nitrogen and oxygen atoms in total. The third-order valence-corrected chi connectivity index (χ3v) is 6.67. The van der Waals surface area contributed by atoms with Crippen LogP contribution >= 0.6 is 11.8 Å². The minimum absolute atomic E-state index is 0.109. The topological polar surface area (TPSA) is 43.3 Å². The molecular formula is C27H23F3N2O2S. The molecule has 5 rings (SSSR count). The summed E-state index contributed by atoms with van der Waals surface area (Å²) in [5.41, 5.74) is -1.63. The normalized spacial score (nSPS) is 13.7. The number of alkyl halides is 3. The van der Waals surface area contributed by atoms with Gasteiger partial charge in [-0.3, -0.25) is 4.79 Å². The van der Waals surface area contributed by atoms with Crippen LogP contribution in [-0.2, 0) is 13.2 Å². The molecule has 0 aliphatic heterocycles. The number of hydrogen-bond donors (Lipinski definition) is 1. The van der Waals surface area contributed by atoms with Gasteiger partial charge in [0, 0.05) is 33.9 Å². The summed E-state index contributed by atoms with van der Waals surface area (Å²) in [4.78, 5) is 12.7. The summed E-state index contributed by atoms with van der Waals surface area (Å²) < 4.78 is 47.4. The predicted molar refractivity (Wildman–Crippen MR) is 131 cm³/mol. The van der Waals surface area contributed by atoms with E-state index in [4.69, 9.17) is 4.74 Å². The second kappa shape index (κ2) is 9.70. The molecule has 0 spiro atoms. The van der Waals surface area contributed by atoms with Crippen LogP contribution in [0.1, 0.15) is 34.5 Å². The Balaban J connectivity index is 1.50. The van der Waals surface area contributed by atoms with Gasteiger partial charge in [-0.25, -0.2) is 0 Å². The molecule has 8 heteroatoms. The van der Waals surface area contributed by atoms with Gasteiger partial charge in [0.1, 0.15) is 12.4 Å². The lowest BCUT2D eigenvalue weighted by Crippen LogP contribution is -2.25. The first-order valence-electron chi connectivity index (χ1n) is 11.3. The van der Waals surface area contributed by atoms with Crippen LogP contribution in [0.3, 0.4) is 0 Å². The number of aromatic nitrogens is 1. The van der Waals surface area contributed by atoms with Gasteiger partial charge in [0.2, 0.25) is 0 Å². The first-order valence-corrected chi connectivity index (χ1v) is 12.1. The van der Waals surface area contributed by atoms with Gasteiger partial charge in [-0.1, -0.05) is 36.4 Å². The molecule has 0 radical (unpaired) electrons. The van der Waals surface area contributed by atoms with Crippen LogP contribution in [0.15, 0.2) is 83.8 Å². The largest absolute Gasteiger partial charge is 0.487 e. The molecular weight excluding hydrogens is 473 g/mol. The Labute approximate surface area is 205 Å². The molecule has 4 aromatic rings. The molecule has 1 aromatic heterocycles. The zero-order valence-corrected chi connectivity index (χ0v) is 19.5. The molecule has 0 unspecified atom stereocenters. The number of thioether (sulfide) groups is 1. The molecule has 0 atom stereocenters. The van der Waals surface area contributed by atoms with Gasteiger partial charge >= 0.3 is 5.51 Å². The molecule has 180 valence electrons. The van der Waals surface area contributed by atoms with E-state index in [9.17, 15) is 18.0 Å². The fourth-order valence-corrected chi connectivity index (χ4v) is 4.63. The maximum absolute atomic E-state index is 13.2. The Hall–Kier alpha value is -3.39. The van der Waals surface area contributed by atoms with E-state index in [1.165, 1.54) is 6.07 Å². The van der Waals surface area contributed by atoms with E-state index in [2.05, 4.69) is 5.32 Å². The molecule has 1 aliphatic rings. The lowest BCUT2D eigenvalue weighted by molar-refractivity contribution is -0.0328. The highest BCUT2D eigenvalue weighted by molar-refractivity contribution is 8.00. The molecule has 3 aromatic carbocycles. The van der Waals surface area contributed by atoms with Crippen molar-refractivity contribution in [3.63, 3.8) is 0 Å².